The monoisotopic (exact) mass is 456 g/mol. The highest BCUT2D eigenvalue weighted by atomic mass is 35.5. The summed E-state index contributed by atoms with van der Waals surface area (Å²) in [7, 11) is 0. The van der Waals surface area contributed by atoms with Gasteiger partial charge in [-0.05, 0) is 42.9 Å². The van der Waals surface area contributed by atoms with E-state index in [4.69, 9.17) is 16.7 Å². The molecule has 1 fully saturated rings. The van der Waals surface area contributed by atoms with Crippen LogP contribution >= 0.6 is 11.6 Å². The van der Waals surface area contributed by atoms with Gasteiger partial charge in [-0.15, -0.1) is 0 Å². The van der Waals surface area contributed by atoms with Crippen molar-refractivity contribution in [2.75, 3.05) is 19.6 Å². The third-order valence-electron chi connectivity index (χ3n) is 6.34. The van der Waals surface area contributed by atoms with Crippen molar-refractivity contribution in [1.82, 2.24) is 19.6 Å². The lowest BCUT2D eigenvalue weighted by Gasteiger charge is -2.31. The molecule has 0 bridgehead atoms. The summed E-state index contributed by atoms with van der Waals surface area (Å²) in [5.41, 5.74) is 4.17. The Morgan fingerprint density at radius 1 is 1.28 bits per heavy atom. The van der Waals surface area contributed by atoms with Crippen LogP contribution in [0.3, 0.4) is 0 Å². The highest BCUT2D eigenvalue weighted by Crippen LogP contribution is 2.33. The summed E-state index contributed by atoms with van der Waals surface area (Å²) < 4.78 is 2.07. The maximum atomic E-state index is 13.3. The van der Waals surface area contributed by atoms with Gasteiger partial charge in [0.15, 0.2) is 0 Å². The molecule has 5 nitrogen and oxygen atoms in total. The van der Waals surface area contributed by atoms with Crippen molar-refractivity contribution in [3.63, 3.8) is 0 Å². The van der Waals surface area contributed by atoms with Crippen LogP contribution in [0.4, 0.5) is 0 Å². The van der Waals surface area contributed by atoms with Crippen LogP contribution in [-0.4, -0.2) is 45.1 Å². The molecule has 0 radical (unpaired) electrons. The normalized spacial score (nSPS) is 17.0. The fraction of sp³-hybridized carbons (Fsp3) is 0.615. The summed E-state index contributed by atoms with van der Waals surface area (Å²) in [4.78, 5) is 17.9. The van der Waals surface area contributed by atoms with Gasteiger partial charge in [0.2, 0.25) is 5.91 Å². The first kappa shape index (κ1) is 23.3. The molecule has 1 aliphatic carbocycles. The van der Waals surface area contributed by atoms with Crippen LogP contribution < -0.4 is 0 Å². The van der Waals surface area contributed by atoms with Crippen molar-refractivity contribution in [2.45, 2.75) is 67.0 Å². The van der Waals surface area contributed by atoms with Gasteiger partial charge >= 0.3 is 0 Å². The summed E-state index contributed by atoms with van der Waals surface area (Å²) in [6, 6.07) is 7.90. The minimum atomic E-state index is -0.414. The predicted octanol–water partition coefficient (Wildman–Crippen LogP) is 5.32. The number of nitrogens with zero attached hydrogens (tertiary/aromatic N) is 4. The SMILES string of the molecule is CC(C)CN(Cc1nn(-c2cccc(Cl)c2)c2c1CN(CC1CC1)CC2)C(=O)C(C)(C)C. The standard InChI is InChI=1S/C26H37ClN4O/c1-18(2)14-30(25(32)26(3,4)5)17-23-22-16-29(15-19-9-10-19)12-11-24(22)31(28-23)21-8-6-7-20(27)13-21/h6-8,13,18-19H,9-12,14-17H2,1-5H3. The van der Waals surface area contributed by atoms with E-state index >= 15 is 0 Å². The molecule has 0 saturated heterocycles. The molecule has 32 heavy (non-hydrogen) atoms. The van der Waals surface area contributed by atoms with Gasteiger partial charge < -0.3 is 4.90 Å². The molecule has 1 aromatic heterocycles. The molecule has 0 unspecified atom stereocenters. The zero-order valence-corrected chi connectivity index (χ0v) is 21.0. The minimum Gasteiger partial charge on any atom is -0.336 e. The molecule has 2 heterocycles. The molecule has 1 aliphatic heterocycles. The first-order valence-electron chi connectivity index (χ1n) is 12.0. The summed E-state index contributed by atoms with van der Waals surface area (Å²) in [6.07, 6.45) is 3.69. The van der Waals surface area contributed by atoms with Crippen LogP contribution in [0.1, 0.15) is 64.4 Å². The third kappa shape index (κ3) is 5.37. The van der Waals surface area contributed by atoms with Crippen molar-refractivity contribution in [1.29, 1.82) is 0 Å². The molecule has 4 rings (SSSR count). The largest absolute Gasteiger partial charge is 0.336 e. The Morgan fingerprint density at radius 2 is 2.03 bits per heavy atom. The first-order valence-corrected chi connectivity index (χ1v) is 12.4. The Balaban J connectivity index is 1.70. The molecule has 0 N–H and O–H groups in total. The lowest BCUT2D eigenvalue weighted by Crippen LogP contribution is -2.41. The summed E-state index contributed by atoms with van der Waals surface area (Å²) in [5, 5.41) is 5.79. The van der Waals surface area contributed by atoms with Crippen LogP contribution in [0.5, 0.6) is 0 Å². The van der Waals surface area contributed by atoms with E-state index in [2.05, 4.69) is 29.5 Å². The van der Waals surface area contributed by atoms with Crippen molar-refractivity contribution in [2.24, 2.45) is 17.3 Å². The van der Waals surface area contributed by atoms with E-state index in [-0.39, 0.29) is 5.91 Å². The van der Waals surface area contributed by atoms with Gasteiger partial charge in [0.1, 0.15) is 0 Å². The van der Waals surface area contributed by atoms with E-state index in [0.717, 1.165) is 43.4 Å². The van der Waals surface area contributed by atoms with Crippen LogP contribution in [0.2, 0.25) is 5.02 Å². The lowest BCUT2D eigenvalue weighted by molar-refractivity contribution is -0.140. The molecule has 1 saturated carbocycles. The number of rotatable bonds is 7. The fourth-order valence-electron chi connectivity index (χ4n) is 4.63. The number of halogens is 1. The topological polar surface area (TPSA) is 41.4 Å². The van der Waals surface area contributed by atoms with Crippen LogP contribution in [-0.2, 0) is 24.3 Å². The third-order valence-corrected chi connectivity index (χ3v) is 6.58. The van der Waals surface area contributed by atoms with E-state index in [1.54, 1.807) is 0 Å². The maximum Gasteiger partial charge on any atom is 0.228 e. The van der Waals surface area contributed by atoms with Crippen molar-refractivity contribution >= 4 is 17.5 Å². The van der Waals surface area contributed by atoms with E-state index in [1.807, 2.05) is 43.9 Å². The van der Waals surface area contributed by atoms with E-state index in [0.29, 0.717) is 17.5 Å². The summed E-state index contributed by atoms with van der Waals surface area (Å²) in [6.45, 7) is 14.8. The Bertz CT molecular complexity index is 971. The highest BCUT2D eigenvalue weighted by Gasteiger charge is 2.33. The number of aromatic nitrogens is 2. The zero-order valence-electron chi connectivity index (χ0n) is 20.2. The van der Waals surface area contributed by atoms with E-state index in [9.17, 15) is 4.79 Å². The molecule has 0 spiro atoms. The Kier molecular flexibility index (Phi) is 6.69. The lowest BCUT2D eigenvalue weighted by atomic mass is 9.94. The molecule has 1 aromatic carbocycles. The molecule has 2 aromatic rings. The van der Waals surface area contributed by atoms with E-state index < -0.39 is 5.41 Å². The second kappa shape index (κ2) is 9.18. The van der Waals surface area contributed by atoms with Crippen molar-refractivity contribution in [3.8, 4) is 5.69 Å². The second-order valence-corrected chi connectivity index (χ2v) is 11.5. The number of fused-ring (bicyclic) bond motifs is 1. The summed E-state index contributed by atoms with van der Waals surface area (Å²) in [5.74, 6) is 1.45. The molecule has 1 amide bonds. The average molecular weight is 457 g/mol. The molecule has 174 valence electrons. The number of hydrogen-bond donors (Lipinski definition) is 0. The predicted molar refractivity (Wildman–Crippen MR) is 130 cm³/mol. The number of carbonyl (C=O) groups is 1. The van der Waals surface area contributed by atoms with Gasteiger partial charge in [-0.25, -0.2) is 4.68 Å². The molecule has 0 atom stereocenters. The van der Waals surface area contributed by atoms with Gasteiger partial charge in [-0.2, -0.15) is 5.10 Å². The number of hydrogen-bond acceptors (Lipinski definition) is 3. The second-order valence-electron chi connectivity index (χ2n) is 11.0. The highest BCUT2D eigenvalue weighted by molar-refractivity contribution is 6.30. The van der Waals surface area contributed by atoms with Crippen LogP contribution in [0.15, 0.2) is 24.3 Å². The molecular formula is C26H37ClN4O. The summed E-state index contributed by atoms with van der Waals surface area (Å²) >= 11 is 6.30. The van der Waals surface area contributed by atoms with Crippen LogP contribution in [0.25, 0.3) is 5.69 Å². The van der Waals surface area contributed by atoms with Gasteiger partial charge in [-0.1, -0.05) is 52.3 Å². The van der Waals surface area contributed by atoms with Gasteiger partial charge in [0, 0.05) is 48.6 Å². The molecule has 2 aliphatic rings. The van der Waals surface area contributed by atoms with Crippen LogP contribution in [0, 0.1) is 17.3 Å². The van der Waals surface area contributed by atoms with E-state index in [1.165, 1.54) is 30.6 Å². The maximum absolute atomic E-state index is 13.3. The number of benzene rings is 1. The minimum absolute atomic E-state index is 0.183. The smallest absolute Gasteiger partial charge is 0.228 e. The Hall–Kier alpha value is -1.85. The van der Waals surface area contributed by atoms with Gasteiger partial charge in [-0.3, -0.25) is 9.69 Å². The number of amides is 1. The number of carbonyl (C=O) groups excluding carboxylic acids is 1. The molecular weight excluding hydrogens is 420 g/mol. The first-order chi connectivity index (χ1) is 15.1. The Labute approximate surface area is 197 Å². The fourth-order valence-corrected chi connectivity index (χ4v) is 4.81. The molecule has 6 heteroatoms. The zero-order chi connectivity index (χ0) is 23.0. The van der Waals surface area contributed by atoms with Gasteiger partial charge in [0.05, 0.1) is 23.6 Å². The average Bonchev–Trinajstić information content (AvgIpc) is 3.46. The quantitative estimate of drug-likeness (QED) is 0.565. The Morgan fingerprint density at radius 3 is 2.66 bits per heavy atom. The van der Waals surface area contributed by atoms with Crippen molar-refractivity contribution in [3.05, 3.63) is 46.2 Å². The van der Waals surface area contributed by atoms with Gasteiger partial charge in [0.25, 0.3) is 0 Å². The van der Waals surface area contributed by atoms with Crippen molar-refractivity contribution < 1.29 is 4.79 Å².